The van der Waals surface area contributed by atoms with Crippen molar-refractivity contribution in [1.29, 1.82) is 0 Å². The van der Waals surface area contributed by atoms with Crippen LogP contribution in [0.25, 0.3) is 0 Å². The molecule has 5 atom stereocenters. The Bertz CT molecular complexity index is 985. The third-order valence-corrected chi connectivity index (χ3v) is 8.45. The molecule has 1 saturated heterocycles. The predicted octanol–water partition coefficient (Wildman–Crippen LogP) is 3.64. The van der Waals surface area contributed by atoms with Gasteiger partial charge in [-0.3, -0.25) is 14.5 Å². The van der Waals surface area contributed by atoms with E-state index in [4.69, 9.17) is 14.2 Å². The summed E-state index contributed by atoms with van der Waals surface area (Å²) >= 11 is 1.16. The number of amides is 2. The quantitative estimate of drug-likeness (QED) is 0.376. The Morgan fingerprint density at radius 2 is 1.87 bits per heavy atom. The number of methoxy groups -OCH3 is 2. The lowest BCUT2D eigenvalue weighted by Crippen LogP contribution is -2.58. The van der Waals surface area contributed by atoms with Gasteiger partial charge in [-0.05, 0) is 38.3 Å². The highest BCUT2D eigenvalue weighted by atomic mass is 32.1. The van der Waals surface area contributed by atoms with Crippen LogP contribution in [0.1, 0.15) is 81.4 Å². The molecule has 1 aromatic heterocycles. The number of nitrogens with zero attached hydrogens (tertiary/aromatic N) is 3. The molecule has 1 N–H and O–H groups in total. The maximum atomic E-state index is 13.9. The monoisotopic (exact) mass is 568 g/mol. The minimum Gasteiger partial charge on any atom is -0.464 e. The van der Waals surface area contributed by atoms with Gasteiger partial charge in [-0.15, -0.1) is 11.3 Å². The van der Waals surface area contributed by atoms with E-state index in [-0.39, 0.29) is 47.8 Å². The molecular weight excluding hydrogens is 524 g/mol. The molecule has 1 aromatic rings. The standard InChI is InChI=1S/C27H44N4O7S/c1-9-17(4)22(29-23(32)19-12-10-11-13-30(19)5)25(33)31(6)20(16(2)3)14-21(38-27(35)37-8)24-28-18(15-39-24)26(34)36-7/h15-17,19-22H,9-14H2,1-8H3,(H,29,32)/t17-,19+,20+,21+,22-/m0/s1. The fourth-order valence-corrected chi connectivity index (χ4v) is 5.64. The summed E-state index contributed by atoms with van der Waals surface area (Å²) < 4.78 is 15.0. The summed E-state index contributed by atoms with van der Waals surface area (Å²) in [4.78, 5) is 59.2. The van der Waals surface area contributed by atoms with E-state index < -0.39 is 24.3 Å². The van der Waals surface area contributed by atoms with Gasteiger partial charge in [0.1, 0.15) is 11.0 Å². The number of hydrogen-bond donors (Lipinski definition) is 1. The van der Waals surface area contributed by atoms with Gasteiger partial charge in [0, 0.05) is 24.9 Å². The van der Waals surface area contributed by atoms with Crippen LogP contribution < -0.4 is 5.32 Å². The molecule has 0 spiro atoms. The summed E-state index contributed by atoms with van der Waals surface area (Å²) in [7, 11) is 6.12. The number of nitrogens with one attached hydrogen (secondary N) is 1. The molecule has 1 aliphatic rings. The Morgan fingerprint density at radius 3 is 2.44 bits per heavy atom. The largest absolute Gasteiger partial charge is 0.508 e. The highest BCUT2D eigenvalue weighted by molar-refractivity contribution is 7.09. The van der Waals surface area contributed by atoms with Crippen molar-refractivity contribution in [3.05, 3.63) is 16.1 Å². The van der Waals surface area contributed by atoms with Gasteiger partial charge in [0.05, 0.1) is 20.3 Å². The topological polar surface area (TPSA) is 127 Å². The van der Waals surface area contributed by atoms with Gasteiger partial charge >= 0.3 is 12.1 Å². The number of rotatable bonds is 12. The molecule has 220 valence electrons. The summed E-state index contributed by atoms with van der Waals surface area (Å²) in [6.45, 7) is 8.74. The molecule has 0 aliphatic carbocycles. The van der Waals surface area contributed by atoms with Crippen molar-refractivity contribution >= 4 is 35.3 Å². The van der Waals surface area contributed by atoms with Crippen LogP contribution in [-0.4, -0.2) is 91.7 Å². The van der Waals surface area contributed by atoms with Gasteiger partial charge in [0.2, 0.25) is 11.8 Å². The van der Waals surface area contributed by atoms with Gasteiger partial charge in [-0.1, -0.05) is 40.5 Å². The molecule has 1 aliphatic heterocycles. The fourth-order valence-electron chi connectivity index (χ4n) is 4.82. The zero-order valence-corrected chi connectivity index (χ0v) is 25.2. The van der Waals surface area contributed by atoms with E-state index in [1.54, 1.807) is 11.9 Å². The first-order valence-corrected chi connectivity index (χ1v) is 14.4. The molecule has 1 fully saturated rings. The van der Waals surface area contributed by atoms with Crippen molar-refractivity contribution in [1.82, 2.24) is 20.1 Å². The Morgan fingerprint density at radius 1 is 1.18 bits per heavy atom. The summed E-state index contributed by atoms with van der Waals surface area (Å²) in [6.07, 6.45) is 1.97. The van der Waals surface area contributed by atoms with Crippen LogP contribution >= 0.6 is 11.3 Å². The molecule has 11 nitrogen and oxygen atoms in total. The molecule has 0 bridgehead atoms. The van der Waals surface area contributed by atoms with E-state index in [2.05, 4.69) is 10.3 Å². The molecular formula is C27H44N4O7S. The predicted molar refractivity (Wildman–Crippen MR) is 147 cm³/mol. The van der Waals surface area contributed by atoms with Crippen molar-refractivity contribution < 1.29 is 33.4 Å². The van der Waals surface area contributed by atoms with E-state index in [1.165, 1.54) is 19.6 Å². The first-order chi connectivity index (χ1) is 18.4. The number of carbonyl (C=O) groups excluding carboxylic acids is 4. The van der Waals surface area contributed by atoms with Crippen LogP contribution in [0.5, 0.6) is 0 Å². The molecule has 0 saturated carbocycles. The molecule has 0 unspecified atom stereocenters. The Hall–Kier alpha value is -2.73. The van der Waals surface area contributed by atoms with Crippen LogP contribution in [0.2, 0.25) is 0 Å². The summed E-state index contributed by atoms with van der Waals surface area (Å²) in [6, 6.07) is -1.33. The Balaban J connectivity index is 2.30. The van der Waals surface area contributed by atoms with E-state index in [0.29, 0.717) is 11.4 Å². The minimum absolute atomic E-state index is 0.0273. The molecule has 0 radical (unpaired) electrons. The lowest BCUT2D eigenvalue weighted by molar-refractivity contribution is -0.141. The van der Waals surface area contributed by atoms with Crippen LogP contribution in [-0.2, 0) is 23.8 Å². The van der Waals surface area contributed by atoms with E-state index in [0.717, 1.165) is 37.1 Å². The van der Waals surface area contributed by atoms with Crippen molar-refractivity contribution in [2.45, 2.75) is 84.0 Å². The van der Waals surface area contributed by atoms with E-state index >= 15 is 0 Å². The zero-order valence-electron chi connectivity index (χ0n) is 24.4. The SMILES string of the molecule is CC[C@H](C)[C@H](NC(=O)[C@H]1CCCCN1C)C(=O)N(C)[C@H](C[C@@H](OC(=O)OC)c1nc(C(=O)OC)cs1)C(C)C. The summed E-state index contributed by atoms with van der Waals surface area (Å²) in [5.41, 5.74) is 0.105. The number of aromatic nitrogens is 1. The first-order valence-electron chi connectivity index (χ1n) is 13.5. The normalized spacial score (nSPS) is 18.9. The first kappa shape index (κ1) is 32.5. The van der Waals surface area contributed by atoms with Gasteiger partial charge in [0.25, 0.3) is 0 Å². The van der Waals surface area contributed by atoms with Gasteiger partial charge in [-0.2, -0.15) is 0 Å². The second-order valence-corrected chi connectivity index (χ2v) is 11.4. The molecule has 2 heterocycles. The number of thiazole rings is 1. The molecule has 0 aromatic carbocycles. The van der Waals surface area contributed by atoms with E-state index in [1.807, 2.05) is 39.6 Å². The maximum absolute atomic E-state index is 13.9. The summed E-state index contributed by atoms with van der Waals surface area (Å²) in [5, 5.41) is 4.97. The molecule has 12 heteroatoms. The number of likely N-dealkylation sites (tertiary alicyclic amines) is 1. The molecule has 2 rings (SSSR count). The number of piperidine rings is 1. The fraction of sp³-hybridized carbons (Fsp3) is 0.741. The highest BCUT2D eigenvalue weighted by Crippen LogP contribution is 2.31. The Kier molecular flexibility index (Phi) is 12.6. The third kappa shape index (κ3) is 8.63. The van der Waals surface area contributed by atoms with Gasteiger partial charge in [0.15, 0.2) is 11.8 Å². The van der Waals surface area contributed by atoms with Crippen molar-refractivity contribution in [3.8, 4) is 0 Å². The van der Waals surface area contributed by atoms with Crippen LogP contribution in [0.4, 0.5) is 4.79 Å². The molecule has 39 heavy (non-hydrogen) atoms. The van der Waals surface area contributed by atoms with Crippen LogP contribution in [0, 0.1) is 11.8 Å². The Labute approximate surface area is 235 Å². The third-order valence-electron chi connectivity index (χ3n) is 7.52. The number of ether oxygens (including phenoxy) is 3. The highest BCUT2D eigenvalue weighted by Gasteiger charge is 2.37. The lowest BCUT2D eigenvalue weighted by atomic mass is 9.92. The van der Waals surface area contributed by atoms with E-state index in [9.17, 15) is 19.2 Å². The van der Waals surface area contributed by atoms with Crippen LogP contribution in [0.3, 0.4) is 0 Å². The van der Waals surface area contributed by atoms with Gasteiger partial charge < -0.3 is 24.4 Å². The van der Waals surface area contributed by atoms with Crippen LogP contribution in [0.15, 0.2) is 5.38 Å². The van der Waals surface area contributed by atoms with Crippen molar-refractivity contribution in [2.24, 2.45) is 11.8 Å². The average Bonchev–Trinajstić information content (AvgIpc) is 3.42. The van der Waals surface area contributed by atoms with Crippen molar-refractivity contribution in [2.75, 3.05) is 34.9 Å². The number of esters is 1. The lowest BCUT2D eigenvalue weighted by Gasteiger charge is -2.38. The summed E-state index contributed by atoms with van der Waals surface area (Å²) in [5.74, 6) is -1.05. The second-order valence-electron chi connectivity index (χ2n) is 10.5. The smallest absolute Gasteiger partial charge is 0.464 e. The van der Waals surface area contributed by atoms with Crippen molar-refractivity contribution in [3.63, 3.8) is 0 Å². The number of carbonyl (C=O) groups is 4. The maximum Gasteiger partial charge on any atom is 0.508 e. The van der Waals surface area contributed by atoms with Gasteiger partial charge in [-0.25, -0.2) is 14.6 Å². The number of hydrogen-bond acceptors (Lipinski definition) is 10. The molecule has 2 amide bonds. The zero-order chi connectivity index (χ0) is 29.3. The minimum atomic E-state index is -0.896. The second kappa shape index (κ2) is 15.2. The number of likely N-dealkylation sites (N-methyl/N-ethyl adjacent to an activating group) is 2. The average molecular weight is 569 g/mol.